The van der Waals surface area contributed by atoms with Crippen LogP contribution in [-0.2, 0) is 0 Å². The maximum Gasteiger partial charge on any atom is 0.129 e. The van der Waals surface area contributed by atoms with Crippen molar-refractivity contribution in [2.45, 2.75) is 31.8 Å². The van der Waals surface area contributed by atoms with Crippen LogP contribution in [0.2, 0.25) is 0 Å². The molecule has 1 aliphatic carbocycles. The Morgan fingerprint density at radius 2 is 1.76 bits per heavy atom. The third-order valence-corrected chi connectivity index (χ3v) is 2.99. The van der Waals surface area contributed by atoms with Gasteiger partial charge in [-0.15, -0.1) is 0 Å². The predicted octanol–water partition coefficient (Wildman–Crippen LogP) is 3.43. The van der Waals surface area contributed by atoms with Gasteiger partial charge in [-0.3, -0.25) is 0 Å². The van der Waals surface area contributed by atoms with Gasteiger partial charge in [-0.05, 0) is 19.3 Å². The molecule has 0 amide bonds. The zero-order valence-corrected chi connectivity index (χ0v) is 9.33. The highest BCUT2D eigenvalue weighted by atomic mass is 19.1. The normalized spacial score (nSPS) is 24.1. The second kappa shape index (κ2) is 5.13. The van der Waals surface area contributed by atoms with E-state index in [4.69, 9.17) is 10.00 Å². The monoisotopic (exact) mass is 237 g/mol. The van der Waals surface area contributed by atoms with Crippen LogP contribution in [-0.4, -0.2) is 6.10 Å². The molecule has 2 rings (SSSR count). The van der Waals surface area contributed by atoms with Gasteiger partial charge < -0.3 is 4.74 Å². The highest BCUT2D eigenvalue weighted by Crippen LogP contribution is 2.28. The molecule has 0 N–H and O–H groups in total. The molecule has 0 heterocycles. The lowest BCUT2D eigenvalue weighted by molar-refractivity contribution is 0.119. The van der Waals surface area contributed by atoms with Crippen LogP contribution in [0.4, 0.5) is 8.78 Å². The molecule has 4 heteroatoms. The maximum absolute atomic E-state index is 13.0. The fourth-order valence-electron chi connectivity index (χ4n) is 2.16. The molecule has 0 aromatic heterocycles. The van der Waals surface area contributed by atoms with Gasteiger partial charge in [-0.1, -0.05) is 6.42 Å². The molecule has 90 valence electrons. The number of rotatable bonds is 2. The molecule has 2 nitrogen and oxygen atoms in total. The lowest BCUT2D eigenvalue weighted by atomic mass is 9.87. The lowest BCUT2D eigenvalue weighted by Gasteiger charge is -2.27. The number of hydrogen-bond donors (Lipinski definition) is 0. The van der Waals surface area contributed by atoms with Crippen molar-refractivity contribution in [1.82, 2.24) is 0 Å². The van der Waals surface area contributed by atoms with Crippen LogP contribution < -0.4 is 4.74 Å². The molecule has 17 heavy (non-hydrogen) atoms. The quantitative estimate of drug-likeness (QED) is 0.789. The second-order valence-corrected chi connectivity index (χ2v) is 4.28. The summed E-state index contributed by atoms with van der Waals surface area (Å²) in [6.07, 6.45) is 3.29. The molecule has 0 radical (unpaired) electrons. The standard InChI is InChI=1S/C13H13F2NO/c14-10-5-11(15)7-12(6-10)17-13-4-2-1-3-9(13)8-16/h5-7,9,13H,1-4H2. The first kappa shape index (κ1) is 11.8. The van der Waals surface area contributed by atoms with E-state index in [-0.39, 0.29) is 17.8 Å². The maximum atomic E-state index is 13.0. The van der Waals surface area contributed by atoms with Gasteiger partial charge in [-0.25, -0.2) is 8.78 Å². The van der Waals surface area contributed by atoms with E-state index in [0.717, 1.165) is 43.9 Å². The van der Waals surface area contributed by atoms with Gasteiger partial charge in [-0.2, -0.15) is 5.26 Å². The molecule has 2 unspecified atom stereocenters. The van der Waals surface area contributed by atoms with Gasteiger partial charge in [0.05, 0.1) is 12.0 Å². The number of halogens is 2. The first-order valence-electron chi connectivity index (χ1n) is 5.71. The first-order chi connectivity index (χ1) is 8.19. The van der Waals surface area contributed by atoms with Crippen molar-refractivity contribution >= 4 is 0 Å². The highest BCUT2D eigenvalue weighted by Gasteiger charge is 2.26. The van der Waals surface area contributed by atoms with Gasteiger partial charge in [0.1, 0.15) is 23.5 Å². The fraction of sp³-hybridized carbons (Fsp3) is 0.462. The Hall–Kier alpha value is -1.63. The number of nitrogens with zero attached hydrogens (tertiary/aromatic N) is 1. The van der Waals surface area contributed by atoms with Gasteiger partial charge >= 0.3 is 0 Å². The van der Waals surface area contributed by atoms with Crippen LogP contribution >= 0.6 is 0 Å². The Bertz CT molecular complexity index is 421. The van der Waals surface area contributed by atoms with Crippen molar-refractivity contribution in [1.29, 1.82) is 5.26 Å². The zero-order valence-electron chi connectivity index (χ0n) is 9.33. The molecule has 1 aromatic rings. The molecule has 1 aromatic carbocycles. The van der Waals surface area contributed by atoms with E-state index in [0.29, 0.717) is 0 Å². The van der Waals surface area contributed by atoms with Crippen molar-refractivity contribution in [2.75, 3.05) is 0 Å². The van der Waals surface area contributed by atoms with Gasteiger partial charge in [0.15, 0.2) is 0 Å². The second-order valence-electron chi connectivity index (χ2n) is 4.28. The van der Waals surface area contributed by atoms with Crippen molar-refractivity contribution in [2.24, 2.45) is 5.92 Å². The van der Waals surface area contributed by atoms with E-state index in [1.54, 1.807) is 0 Å². The predicted molar refractivity (Wildman–Crippen MR) is 58.3 cm³/mol. The third kappa shape index (κ3) is 2.94. The van der Waals surface area contributed by atoms with Crippen molar-refractivity contribution in [3.05, 3.63) is 29.8 Å². The van der Waals surface area contributed by atoms with Crippen LogP contribution in [0.3, 0.4) is 0 Å². The van der Waals surface area contributed by atoms with Crippen LogP contribution in [0, 0.1) is 28.9 Å². The topological polar surface area (TPSA) is 33.0 Å². The van der Waals surface area contributed by atoms with Crippen molar-refractivity contribution in [3.8, 4) is 11.8 Å². The summed E-state index contributed by atoms with van der Waals surface area (Å²) < 4.78 is 31.5. The summed E-state index contributed by atoms with van der Waals surface area (Å²) >= 11 is 0. The van der Waals surface area contributed by atoms with E-state index in [1.807, 2.05) is 0 Å². The fourth-order valence-corrected chi connectivity index (χ4v) is 2.16. The average Bonchev–Trinajstić information content (AvgIpc) is 2.28. The van der Waals surface area contributed by atoms with Gasteiger partial charge in [0, 0.05) is 18.2 Å². The summed E-state index contributed by atoms with van der Waals surface area (Å²) in [5.41, 5.74) is 0. The number of ether oxygens (including phenoxy) is 1. The number of nitriles is 1. The lowest BCUT2D eigenvalue weighted by Crippen LogP contribution is -2.29. The molecule has 2 atom stereocenters. The van der Waals surface area contributed by atoms with Gasteiger partial charge in [0.25, 0.3) is 0 Å². The molecular weight excluding hydrogens is 224 g/mol. The molecule has 0 bridgehead atoms. The first-order valence-corrected chi connectivity index (χ1v) is 5.71. The third-order valence-electron chi connectivity index (χ3n) is 2.99. The van der Waals surface area contributed by atoms with Crippen LogP contribution in [0.1, 0.15) is 25.7 Å². The molecule has 0 spiro atoms. The summed E-state index contributed by atoms with van der Waals surface area (Å²) in [5.74, 6) is -1.35. The molecule has 0 saturated heterocycles. The van der Waals surface area contributed by atoms with Gasteiger partial charge in [0.2, 0.25) is 0 Å². The Kier molecular flexibility index (Phi) is 3.58. The molecule has 1 aliphatic rings. The zero-order chi connectivity index (χ0) is 12.3. The SMILES string of the molecule is N#CC1CCCCC1Oc1cc(F)cc(F)c1. The van der Waals surface area contributed by atoms with Crippen LogP contribution in [0.15, 0.2) is 18.2 Å². The molecule has 1 fully saturated rings. The molecule has 0 aliphatic heterocycles. The molecular formula is C13H13F2NO. The minimum absolute atomic E-state index is 0.162. The van der Waals surface area contributed by atoms with Crippen molar-refractivity contribution < 1.29 is 13.5 Å². The Morgan fingerprint density at radius 3 is 2.41 bits per heavy atom. The van der Waals surface area contributed by atoms with Crippen LogP contribution in [0.25, 0.3) is 0 Å². The minimum atomic E-state index is -0.663. The van der Waals surface area contributed by atoms with E-state index >= 15 is 0 Å². The smallest absolute Gasteiger partial charge is 0.129 e. The summed E-state index contributed by atoms with van der Waals surface area (Å²) in [7, 11) is 0. The summed E-state index contributed by atoms with van der Waals surface area (Å²) in [6.45, 7) is 0. The Labute approximate surface area is 98.8 Å². The average molecular weight is 237 g/mol. The summed E-state index contributed by atoms with van der Waals surface area (Å²) in [5, 5.41) is 8.97. The van der Waals surface area contributed by atoms with E-state index in [1.165, 1.54) is 0 Å². The largest absolute Gasteiger partial charge is 0.489 e. The summed E-state index contributed by atoms with van der Waals surface area (Å²) in [4.78, 5) is 0. The van der Waals surface area contributed by atoms with E-state index < -0.39 is 11.6 Å². The Morgan fingerprint density at radius 1 is 1.12 bits per heavy atom. The Balaban J connectivity index is 2.11. The number of benzene rings is 1. The summed E-state index contributed by atoms with van der Waals surface area (Å²) in [6, 6.07) is 5.28. The van der Waals surface area contributed by atoms with E-state index in [2.05, 4.69) is 6.07 Å². The van der Waals surface area contributed by atoms with Crippen LogP contribution in [0.5, 0.6) is 5.75 Å². The number of hydrogen-bond acceptors (Lipinski definition) is 2. The highest BCUT2D eigenvalue weighted by molar-refractivity contribution is 5.24. The van der Waals surface area contributed by atoms with E-state index in [9.17, 15) is 8.78 Å². The minimum Gasteiger partial charge on any atom is -0.489 e. The van der Waals surface area contributed by atoms with Crippen molar-refractivity contribution in [3.63, 3.8) is 0 Å². The molecule has 1 saturated carbocycles.